The zero-order valence-electron chi connectivity index (χ0n) is 10.8. The Morgan fingerprint density at radius 3 is 2.55 bits per heavy atom. The minimum Gasteiger partial charge on any atom is -0.480 e. The first kappa shape index (κ1) is 15.5. The molecule has 0 radical (unpaired) electrons. The Morgan fingerprint density at radius 2 is 2.00 bits per heavy atom. The summed E-state index contributed by atoms with van der Waals surface area (Å²) in [6, 6.07) is 5.78. The smallest absolute Gasteiger partial charge is 0.326 e. The Hall–Kier alpha value is -2.57. The number of nitrogen functional groups attached to an aromatic ring is 1. The number of rotatable bonds is 7. The van der Waals surface area contributed by atoms with E-state index in [1.807, 2.05) is 6.07 Å². The molecule has 0 heterocycles. The normalized spacial score (nSPS) is 11.6. The summed E-state index contributed by atoms with van der Waals surface area (Å²) in [5.74, 6) is -2.53. The number of carboxylic acid groups (broad SMARTS) is 1. The van der Waals surface area contributed by atoms with Crippen molar-refractivity contribution in [1.29, 1.82) is 0 Å². The number of aryl methyl sites for hydroxylation is 1. The number of hydrogen-bond acceptors (Lipinski definition) is 4. The molecule has 0 saturated carbocycles. The number of benzene rings is 1. The zero-order chi connectivity index (χ0) is 15.1. The first-order valence-electron chi connectivity index (χ1n) is 6.03. The standard InChI is InChI=1S/C13H17N3O4/c14-9-3-1-2-8(6-9)4-5-12(18)16-10(13(19)20)7-11(15)17/h1-3,6,10H,4-5,7,14H2,(H2,15,17)(H,16,18)(H,19,20)/t10-/m0/s1. The molecule has 0 unspecified atom stereocenters. The van der Waals surface area contributed by atoms with E-state index in [2.05, 4.69) is 5.32 Å². The van der Waals surface area contributed by atoms with Crippen LogP contribution in [-0.4, -0.2) is 28.9 Å². The molecular weight excluding hydrogens is 262 g/mol. The maximum Gasteiger partial charge on any atom is 0.326 e. The molecule has 1 atom stereocenters. The molecule has 7 nitrogen and oxygen atoms in total. The fourth-order valence-corrected chi connectivity index (χ4v) is 1.67. The van der Waals surface area contributed by atoms with Crippen molar-refractivity contribution in [2.45, 2.75) is 25.3 Å². The third-order valence-corrected chi connectivity index (χ3v) is 2.63. The number of aliphatic carboxylic acids is 1. The molecule has 108 valence electrons. The first-order chi connectivity index (χ1) is 9.38. The average Bonchev–Trinajstić information content (AvgIpc) is 2.35. The van der Waals surface area contributed by atoms with Crippen molar-refractivity contribution in [3.8, 4) is 0 Å². The van der Waals surface area contributed by atoms with E-state index >= 15 is 0 Å². The van der Waals surface area contributed by atoms with Crippen LogP contribution in [0.1, 0.15) is 18.4 Å². The van der Waals surface area contributed by atoms with Crippen LogP contribution in [0.25, 0.3) is 0 Å². The van der Waals surface area contributed by atoms with E-state index < -0.39 is 30.2 Å². The summed E-state index contributed by atoms with van der Waals surface area (Å²) < 4.78 is 0. The summed E-state index contributed by atoms with van der Waals surface area (Å²) >= 11 is 0. The highest BCUT2D eigenvalue weighted by Gasteiger charge is 2.21. The quantitative estimate of drug-likeness (QED) is 0.506. The Morgan fingerprint density at radius 1 is 1.30 bits per heavy atom. The van der Waals surface area contributed by atoms with Crippen LogP contribution < -0.4 is 16.8 Å². The van der Waals surface area contributed by atoms with Gasteiger partial charge in [-0.3, -0.25) is 9.59 Å². The van der Waals surface area contributed by atoms with Crippen molar-refractivity contribution in [1.82, 2.24) is 5.32 Å². The second kappa shape index (κ2) is 7.13. The predicted molar refractivity (Wildman–Crippen MR) is 72.6 cm³/mol. The molecule has 1 aromatic rings. The lowest BCUT2D eigenvalue weighted by Gasteiger charge is -2.12. The summed E-state index contributed by atoms with van der Waals surface area (Å²) in [7, 11) is 0. The number of carbonyl (C=O) groups excluding carboxylic acids is 2. The van der Waals surface area contributed by atoms with E-state index in [1.54, 1.807) is 18.2 Å². The molecule has 0 aliphatic rings. The van der Waals surface area contributed by atoms with Gasteiger partial charge in [-0.05, 0) is 24.1 Å². The summed E-state index contributed by atoms with van der Waals surface area (Å²) in [6.07, 6.45) is 0.102. The van der Waals surface area contributed by atoms with Crippen LogP contribution in [0.15, 0.2) is 24.3 Å². The molecule has 0 bridgehead atoms. The van der Waals surface area contributed by atoms with Gasteiger partial charge in [0.15, 0.2) is 0 Å². The molecule has 1 rings (SSSR count). The number of amides is 2. The monoisotopic (exact) mass is 279 g/mol. The lowest BCUT2D eigenvalue weighted by atomic mass is 10.1. The fourth-order valence-electron chi connectivity index (χ4n) is 1.67. The van der Waals surface area contributed by atoms with Crippen LogP contribution in [0, 0.1) is 0 Å². The van der Waals surface area contributed by atoms with Crippen LogP contribution in [0.3, 0.4) is 0 Å². The van der Waals surface area contributed by atoms with Gasteiger partial charge in [0.05, 0.1) is 6.42 Å². The van der Waals surface area contributed by atoms with Gasteiger partial charge in [0.1, 0.15) is 6.04 Å². The second-order valence-corrected chi connectivity index (χ2v) is 4.37. The van der Waals surface area contributed by atoms with E-state index in [9.17, 15) is 14.4 Å². The van der Waals surface area contributed by atoms with Gasteiger partial charge in [0.25, 0.3) is 0 Å². The highest BCUT2D eigenvalue weighted by Crippen LogP contribution is 2.08. The maximum atomic E-state index is 11.6. The van der Waals surface area contributed by atoms with Gasteiger partial charge in [-0.15, -0.1) is 0 Å². The molecule has 0 aliphatic heterocycles. The van der Waals surface area contributed by atoms with Crippen LogP contribution in [0.4, 0.5) is 5.69 Å². The van der Waals surface area contributed by atoms with E-state index in [1.165, 1.54) is 0 Å². The van der Waals surface area contributed by atoms with Crippen molar-refractivity contribution in [3.05, 3.63) is 29.8 Å². The molecule has 2 amide bonds. The molecular formula is C13H17N3O4. The Labute approximate surface area is 115 Å². The zero-order valence-corrected chi connectivity index (χ0v) is 10.8. The van der Waals surface area contributed by atoms with E-state index in [4.69, 9.17) is 16.6 Å². The highest BCUT2D eigenvalue weighted by atomic mass is 16.4. The third kappa shape index (κ3) is 5.38. The predicted octanol–water partition coefficient (Wildman–Crippen LogP) is -0.354. The molecule has 20 heavy (non-hydrogen) atoms. The van der Waals surface area contributed by atoms with E-state index in [0.717, 1.165) is 5.56 Å². The number of primary amides is 1. The van der Waals surface area contributed by atoms with Crippen LogP contribution in [-0.2, 0) is 20.8 Å². The number of anilines is 1. The minimum absolute atomic E-state index is 0.103. The Bertz CT molecular complexity index is 516. The fraction of sp³-hybridized carbons (Fsp3) is 0.308. The number of hydrogen-bond donors (Lipinski definition) is 4. The molecule has 0 spiro atoms. The minimum atomic E-state index is -1.29. The lowest BCUT2D eigenvalue weighted by molar-refractivity contribution is -0.143. The molecule has 0 aliphatic carbocycles. The molecule has 6 N–H and O–H groups in total. The van der Waals surface area contributed by atoms with Crippen molar-refractivity contribution >= 4 is 23.5 Å². The lowest BCUT2D eigenvalue weighted by Crippen LogP contribution is -2.43. The van der Waals surface area contributed by atoms with Crippen LogP contribution in [0.5, 0.6) is 0 Å². The van der Waals surface area contributed by atoms with E-state index in [0.29, 0.717) is 12.1 Å². The van der Waals surface area contributed by atoms with Gasteiger partial charge in [0, 0.05) is 12.1 Å². The average molecular weight is 279 g/mol. The van der Waals surface area contributed by atoms with Crippen LogP contribution >= 0.6 is 0 Å². The summed E-state index contributed by atoms with van der Waals surface area (Å²) in [5.41, 5.74) is 12.0. The second-order valence-electron chi connectivity index (χ2n) is 4.37. The Kier molecular flexibility index (Phi) is 5.52. The largest absolute Gasteiger partial charge is 0.480 e. The van der Waals surface area contributed by atoms with Crippen molar-refractivity contribution in [2.24, 2.45) is 5.73 Å². The van der Waals surface area contributed by atoms with Gasteiger partial charge in [-0.25, -0.2) is 4.79 Å². The van der Waals surface area contributed by atoms with Gasteiger partial charge >= 0.3 is 5.97 Å². The number of nitrogens with one attached hydrogen (secondary N) is 1. The number of carbonyl (C=O) groups is 3. The number of carboxylic acids is 1. The van der Waals surface area contributed by atoms with Crippen LogP contribution in [0.2, 0.25) is 0 Å². The SMILES string of the molecule is NC(=O)C[C@H](NC(=O)CCc1cccc(N)c1)C(=O)O. The number of nitrogens with two attached hydrogens (primary N) is 2. The van der Waals surface area contributed by atoms with Gasteiger partial charge in [-0.2, -0.15) is 0 Å². The highest BCUT2D eigenvalue weighted by molar-refractivity contribution is 5.88. The molecule has 7 heteroatoms. The van der Waals surface area contributed by atoms with Crippen molar-refractivity contribution < 1.29 is 19.5 Å². The Balaban J connectivity index is 2.49. The van der Waals surface area contributed by atoms with Gasteiger partial charge in [-0.1, -0.05) is 12.1 Å². The topological polar surface area (TPSA) is 136 Å². The van der Waals surface area contributed by atoms with Gasteiger partial charge in [0.2, 0.25) is 11.8 Å². The summed E-state index contributed by atoms with van der Waals surface area (Å²) in [4.78, 5) is 33.2. The maximum absolute atomic E-state index is 11.6. The molecule has 0 saturated heterocycles. The summed E-state index contributed by atoms with van der Waals surface area (Å²) in [5, 5.41) is 11.1. The van der Waals surface area contributed by atoms with E-state index in [-0.39, 0.29) is 6.42 Å². The first-order valence-corrected chi connectivity index (χ1v) is 6.03. The van der Waals surface area contributed by atoms with Crippen molar-refractivity contribution in [2.75, 3.05) is 5.73 Å². The van der Waals surface area contributed by atoms with Gasteiger partial charge < -0.3 is 21.9 Å². The van der Waals surface area contributed by atoms with Crippen molar-refractivity contribution in [3.63, 3.8) is 0 Å². The summed E-state index contributed by atoms with van der Waals surface area (Å²) in [6.45, 7) is 0. The third-order valence-electron chi connectivity index (χ3n) is 2.63. The molecule has 0 aromatic heterocycles. The molecule has 0 fully saturated rings. The molecule has 1 aromatic carbocycles.